The fourth-order valence-corrected chi connectivity index (χ4v) is 2.86. The van der Waals surface area contributed by atoms with Gasteiger partial charge in [0.2, 0.25) is 17.7 Å². The number of aryl methyl sites for hydroxylation is 1. The van der Waals surface area contributed by atoms with Crippen molar-refractivity contribution in [1.82, 2.24) is 15.5 Å². The van der Waals surface area contributed by atoms with Crippen molar-refractivity contribution in [3.05, 3.63) is 70.5 Å². The quantitative estimate of drug-likeness (QED) is 0.630. The number of carbonyl (C=O) groups excluding carboxylic acids is 1. The minimum Gasteiger partial charge on any atom is -0.420 e. The van der Waals surface area contributed by atoms with E-state index in [2.05, 4.69) is 43.6 Å². The molecule has 0 spiro atoms. The topological polar surface area (TPSA) is 68.0 Å². The Morgan fingerprint density at radius 1 is 1.12 bits per heavy atom. The van der Waals surface area contributed by atoms with Gasteiger partial charge < -0.3 is 9.73 Å². The lowest BCUT2D eigenvalue weighted by atomic mass is 10.1. The van der Waals surface area contributed by atoms with E-state index in [4.69, 9.17) is 4.42 Å². The Morgan fingerprint density at radius 3 is 2.58 bits per heavy atom. The molecule has 3 aromatic rings. The summed E-state index contributed by atoms with van der Waals surface area (Å²) in [5, 5.41) is 11.0. The van der Waals surface area contributed by atoms with Gasteiger partial charge in [-0.3, -0.25) is 4.79 Å². The van der Waals surface area contributed by atoms with Crippen LogP contribution >= 0.6 is 15.9 Å². The monoisotopic (exact) mass is 413 g/mol. The summed E-state index contributed by atoms with van der Waals surface area (Å²) in [6.45, 7) is 2.00. The third kappa shape index (κ3) is 5.26. The second-order valence-electron chi connectivity index (χ2n) is 6.18. The summed E-state index contributed by atoms with van der Waals surface area (Å²) in [4.78, 5) is 12.2. The second-order valence-corrected chi connectivity index (χ2v) is 7.09. The van der Waals surface area contributed by atoms with Gasteiger partial charge >= 0.3 is 0 Å². The molecule has 0 radical (unpaired) electrons. The van der Waals surface area contributed by atoms with Crippen molar-refractivity contribution in [3.8, 4) is 11.5 Å². The molecule has 0 fully saturated rings. The number of rotatable bonds is 7. The Balaban J connectivity index is 1.49. The van der Waals surface area contributed by atoms with E-state index in [-0.39, 0.29) is 18.4 Å². The smallest absolute Gasteiger partial charge is 0.247 e. The summed E-state index contributed by atoms with van der Waals surface area (Å²) in [5.74, 6) is 0.615. The number of halogens is 1. The van der Waals surface area contributed by atoms with Crippen LogP contribution in [-0.2, 0) is 17.6 Å². The Labute approximate surface area is 161 Å². The number of nitrogens with zero attached hydrogens (tertiary/aromatic N) is 2. The summed E-state index contributed by atoms with van der Waals surface area (Å²) in [7, 11) is 0. The normalized spacial score (nSPS) is 11.9. The number of nitrogens with one attached hydrogen (secondary N) is 1. The van der Waals surface area contributed by atoms with Crippen molar-refractivity contribution in [1.29, 1.82) is 0 Å². The first kappa shape index (κ1) is 18.3. The van der Waals surface area contributed by atoms with E-state index >= 15 is 0 Å². The van der Waals surface area contributed by atoms with E-state index in [1.165, 1.54) is 5.56 Å². The van der Waals surface area contributed by atoms with Crippen molar-refractivity contribution < 1.29 is 9.21 Å². The van der Waals surface area contributed by atoms with Gasteiger partial charge in [-0.2, -0.15) is 0 Å². The van der Waals surface area contributed by atoms with E-state index in [9.17, 15) is 4.79 Å². The first-order valence-corrected chi connectivity index (χ1v) is 9.31. The number of amides is 1. The van der Waals surface area contributed by atoms with Crippen LogP contribution in [0.25, 0.3) is 11.5 Å². The molecule has 0 aliphatic heterocycles. The molecule has 5 nitrogen and oxygen atoms in total. The lowest BCUT2D eigenvalue weighted by Crippen LogP contribution is -2.34. The summed E-state index contributed by atoms with van der Waals surface area (Å²) < 4.78 is 6.57. The maximum Gasteiger partial charge on any atom is 0.247 e. The van der Waals surface area contributed by atoms with Gasteiger partial charge in [-0.05, 0) is 49.6 Å². The van der Waals surface area contributed by atoms with Gasteiger partial charge in [-0.25, -0.2) is 0 Å². The van der Waals surface area contributed by atoms with Gasteiger partial charge in [0.1, 0.15) is 6.42 Å². The fourth-order valence-electron chi connectivity index (χ4n) is 2.60. The van der Waals surface area contributed by atoms with Crippen LogP contribution in [0.3, 0.4) is 0 Å². The third-order valence-electron chi connectivity index (χ3n) is 3.99. The molecule has 2 aromatic carbocycles. The van der Waals surface area contributed by atoms with E-state index in [0.29, 0.717) is 11.8 Å². The van der Waals surface area contributed by atoms with Crippen molar-refractivity contribution in [2.45, 2.75) is 32.2 Å². The van der Waals surface area contributed by atoms with Gasteiger partial charge in [-0.15, -0.1) is 10.2 Å². The van der Waals surface area contributed by atoms with Crippen LogP contribution in [0.15, 0.2) is 63.5 Å². The highest BCUT2D eigenvalue weighted by atomic mass is 79.9. The van der Waals surface area contributed by atoms with Gasteiger partial charge in [-0.1, -0.05) is 46.3 Å². The van der Waals surface area contributed by atoms with Crippen LogP contribution in [-0.4, -0.2) is 22.1 Å². The van der Waals surface area contributed by atoms with Crippen LogP contribution in [0.1, 0.15) is 24.8 Å². The number of aromatic nitrogens is 2. The molecule has 1 heterocycles. The highest BCUT2D eigenvalue weighted by molar-refractivity contribution is 9.10. The zero-order valence-electron chi connectivity index (χ0n) is 14.5. The number of carbonyl (C=O) groups is 1. The summed E-state index contributed by atoms with van der Waals surface area (Å²) in [5.41, 5.74) is 2.09. The molecular formula is C20H20BrN3O2. The Kier molecular flexibility index (Phi) is 6.17. The highest BCUT2D eigenvalue weighted by Gasteiger charge is 2.14. The lowest BCUT2D eigenvalue weighted by molar-refractivity contribution is -0.121. The Morgan fingerprint density at radius 2 is 1.85 bits per heavy atom. The maximum atomic E-state index is 12.2. The average Bonchev–Trinajstić information content (AvgIpc) is 3.09. The van der Waals surface area contributed by atoms with Gasteiger partial charge in [0, 0.05) is 16.1 Å². The van der Waals surface area contributed by atoms with E-state index < -0.39 is 0 Å². The molecule has 0 saturated carbocycles. The molecule has 0 saturated heterocycles. The van der Waals surface area contributed by atoms with Crippen LogP contribution in [0, 0.1) is 0 Å². The minimum absolute atomic E-state index is 0.0802. The van der Waals surface area contributed by atoms with Crippen molar-refractivity contribution in [2.75, 3.05) is 0 Å². The van der Waals surface area contributed by atoms with Gasteiger partial charge in [0.05, 0.1) is 0 Å². The SMILES string of the molecule is CC(CCc1ccccc1)NC(=O)Cc1nnc(-c2ccc(Br)cc2)o1. The van der Waals surface area contributed by atoms with Crippen LogP contribution < -0.4 is 5.32 Å². The molecule has 1 N–H and O–H groups in total. The summed E-state index contributed by atoms with van der Waals surface area (Å²) >= 11 is 3.39. The molecule has 26 heavy (non-hydrogen) atoms. The molecule has 0 bridgehead atoms. The molecule has 1 unspecified atom stereocenters. The van der Waals surface area contributed by atoms with E-state index in [1.807, 2.05) is 49.4 Å². The molecule has 134 valence electrons. The first-order valence-electron chi connectivity index (χ1n) is 8.52. The molecular weight excluding hydrogens is 394 g/mol. The van der Waals surface area contributed by atoms with Gasteiger partial charge in [0.25, 0.3) is 0 Å². The minimum atomic E-state index is -0.114. The standard InChI is InChI=1S/C20H20BrN3O2/c1-14(7-8-15-5-3-2-4-6-15)22-18(25)13-19-23-24-20(26-19)16-9-11-17(21)12-10-16/h2-6,9-12,14H,7-8,13H2,1H3,(H,22,25). The molecule has 1 aromatic heterocycles. The largest absolute Gasteiger partial charge is 0.420 e. The summed E-state index contributed by atoms with van der Waals surface area (Å²) in [6.07, 6.45) is 1.89. The summed E-state index contributed by atoms with van der Waals surface area (Å²) in [6, 6.07) is 17.9. The molecule has 3 rings (SSSR count). The maximum absolute atomic E-state index is 12.2. The average molecular weight is 414 g/mol. The van der Waals surface area contributed by atoms with Gasteiger partial charge in [0.15, 0.2) is 0 Å². The zero-order valence-corrected chi connectivity index (χ0v) is 16.1. The third-order valence-corrected chi connectivity index (χ3v) is 4.51. The molecule has 1 amide bonds. The molecule has 1 atom stereocenters. The molecule has 0 aliphatic rings. The second kappa shape index (κ2) is 8.76. The van der Waals surface area contributed by atoms with Crippen molar-refractivity contribution >= 4 is 21.8 Å². The predicted molar refractivity (Wildman–Crippen MR) is 104 cm³/mol. The number of hydrogen-bond acceptors (Lipinski definition) is 4. The Bertz CT molecular complexity index is 847. The molecule has 0 aliphatic carbocycles. The fraction of sp³-hybridized carbons (Fsp3) is 0.250. The van der Waals surface area contributed by atoms with Crippen molar-refractivity contribution in [2.24, 2.45) is 0 Å². The highest BCUT2D eigenvalue weighted by Crippen LogP contribution is 2.20. The van der Waals surface area contributed by atoms with Crippen molar-refractivity contribution in [3.63, 3.8) is 0 Å². The van der Waals surface area contributed by atoms with Crippen LogP contribution in [0.4, 0.5) is 0 Å². The molecule has 6 heteroatoms. The Hall–Kier alpha value is -2.47. The lowest BCUT2D eigenvalue weighted by Gasteiger charge is -2.13. The van der Waals surface area contributed by atoms with E-state index in [0.717, 1.165) is 22.9 Å². The number of hydrogen-bond donors (Lipinski definition) is 1. The van der Waals surface area contributed by atoms with E-state index in [1.54, 1.807) is 0 Å². The first-order chi connectivity index (χ1) is 12.6. The zero-order chi connectivity index (χ0) is 18.4. The van der Waals surface area contributed by atoms with Crippen LogP contribution in [0.2, 0.25) is 0 Å². The van der Waals surface area contributed by atoms with Crippen LogP contribution in [0.5, 0.6) is 0 Å². The number of benzene rings is 2. The predicted octanol–water partition coefficient (Wildman–Crippen LogP) is 4.18.